The minimum atomic E-state index is -0.414. The van der Waals surface area contributed by atoms with E-state index in [2.05, 4.69) is 27.3 Å². The molecule has 7 heteroatoms. The number of anilines is 2. The number of benzene rings is 2. The summed E-state index contributed by atoms with van der Waals surface area (Å²) in [6.07, 6.45) is 0. The van der Waals surface area contributed by atoms with Crippen molar-refractivity contribution in [1.82, 2.24) is 0 Å². The minimum Gasteiger partial charge on any atom is -0.355 e. The van der Waals surface area contributed by atoms with Gasteiger partial charge in [-0.2, -0.15) is 5.26 Å². The van der Waals surface area contributed by atoms with Gasteiger partial charge >= 0.3 is 0 Å². The zero-order valence-electron chi connectivity index (χ0n) is 9.93. The molecule has 0 bridgehead atoms. The van der Waals surface area contributed by atoms with Crippen LogP contribution in [-0.2, 0) is 0 Å². The number of nitrogens with one attached hydrogen (secondary N) is 1. The number of rotatable bonds is 3. The molecule has 0 fully saturated rings. The highest BCUT2D eigenvalue weighted by Crippen LogP contribution is 2.29. The van der Waals surface area contributed by atoms with Crippen molar-refractivity contribution in [2.45, 2.75) is 0 Å². The molecule has 0 atom stereocenters. The zero-order valence-corrected chi connectivity index (χ0v) is 13.7. The van der Waals surface area contributed by atoms with Crippen molar-refractivity contribution in [3.63, 3.8) is 0 Å². The van der Waals surface area contributed by atoms with E-state index in [1.54, 1.807) is 30.3 Å². The highest BCUT2D eigenvalue weighted by atomic mass is 127. The highest BCUT2D eigenvalue weighted by molar-refractivity contribution is 14.1. The van der Waals surface area contributed by atoms with Crippen LogP contribution in [0.1, 0.15) is 5.56 Å². The molecule has 0 saturated heterocycles. The summed E-state index contributed by atoms with van der Waals surface area (Å²) in [5.41, 5.74) is 2.16. The number of hydrogen-bond acceptors (Lipinski definition) is 4. The van der Waals surface area contributed by atoms with Gasteiger partial charge in [-0.1, -0.05) is 0 Å². The Morgan fingerprint density at radius 3 is 2.60 bits per heavy atom. The van der Waals surface area contributed by atoms with Crippen molar-refractivity contribution in [2.24, 2.45) is 0 Å². The molecular formula is C13H7BrIN3O2. The van der Waals surface area contributed by atoms with Crippen LogP contribution in [0.15, 0.2) is 40.9 Å². The van der Waals surface area contributed by atoms with Gasteiger partial charge in [-0.3, -0.25) is 10.1 Å². The number of hydrogen-bond donors (Lipinski definition) is 1. The average molecular weight is 444 g/mol. The molecule has 100 valence electrons. The predicted molar refractivity (Wildman–Crippen MR) is 88.0 cm³/mol. The third-order valence-corrected chi connectivity index (χ3v) is 4.04. The van der Waals surface area contributed by atoms with Gasteiger partial charge in [0.1, 0.15) is 0 Å². The molecule has 5 nitrogen and oxygen atoms in total. The van der Waals surface area contributed by atoms with E-state index in [4.69, 9.17) is 5.26 Å². The second-order valence-corrected chi connectivity index (χ2v) is 5.87. The molecule has 0 heterocycles. The number of nitro benzene ring substituents is 1. The molecule has 0 aliphatic rings. The largest absolute Gasteiger partial charge is 0.355 e. The van der Waals surface area contributed by atoms with Gasteiger partial charge in [0.05, 0.1) is 25.8 Å². The van der Waals surface area contributed by atoms with Gasteiger partial charge in [0.2, 0.25) is 0 Å². The van der Waals surface area contributed by atoms with E-state index in [0.717, 1.165) is 15.8 Å². The standard InChI is InChI=1S/C13H7BrIN3O2/c14-10-5-8(7-16)1-3-12(10)17-9-2-4-13(18(19)20)11(15)6-9/h1-6,17H. The third kappa shape index (κ3) is 3.26. The first kappa shape index (κ1) is 14.7. The summed E-state index contributed by atoms with van der Waals surface area (Å²) in [7, 11) is 0. The van der Waals surface area contributed by atoms with Crippen LogP contribution in [0.3, 0.4) is 0 Å². The normalized spacial score (nSPS) is 9.85. The maximum absolute atomic E-state index is 10.8. The number of nitro groups is 1. The maximum Gasteiger partial charge on any atom is 0.282 e. The molecule has 0 spiro atoms. The quantitative estimate of drug-likeness (QED) is 0.428. The molecule has 2 aromatic carbocycles. The fourth-order valence-corrected chi connectivity index (χ4v) is 2.76. The molecule has 0 unspecified atom stereocenters. The number of halogens is 2. The fourth-order valence-electron chi connectivity index (χ4n) is 1.57. The predicted octanol–water partition coefficient (Wildman–Crippen LogP) is 4.58. The molecule has 0 aromatic heterocycles. The van der Waals surface area contributed by atoms with Gasteiger partial charge in [-0.05, 0) is 68.9 Å². The van der Waals surface area contributed by atoms with E-state index in [-0.39, 0.29) is 5.69 Å². The number of nitriles is 1. The molecule has 0 saturated carbocycles. The van der Waals surface area contributed by atoms with Crippen LogP contribution < -0.4 is 5.32 Å². The molecule has 1 N–H and O–H groups in total. The fraction of sp³-hybridized carbons (Fsp3) is 0. The van der Waals surface area contributed by atoms with Crippen molar-refractivity contribution in [3.05, 3.63) is 60.1 Å². The Hall–Kier alpha value is -1.66. The molecule has 0 aliphatic carbocycles. The van der Waals surface area contributed by atoms with Crippen LogP contribution in [0.4, 0.5) is 17.1 Å². The molecule has 0 radical (unpaired) electrons. The van der Waals surface area contributed by atoms with Crippen LogP contribution in [0.5, 0.6) is 0 Å². The van der Waals surface area contributed by atoms with Crippen LogP contribution in [0.25, 0.3) is 0 Å². The molecular weight excluding hydrogens is 437 g/mol. The van der Waals surface area contributed by atoms with Crippen molar-refractivity contribution in [3.8, 4) is 6.07 Å². The smallest absolute Gasteiger partial charge is 0.282 e. The lowest BCUT2D eigenvalue weighted by Gasteiger charge is -2.09. The summed E-state index contributed by atoms with van der Waals surface area (Å²) >= 11 is 5.31. The van der Waals surface area contributed by atoms with E-state index in [0.29, 0.717) is 9.13 Å². The van der Waals surface area contributed by atoms with E-state index in [9.17, 15) is 10.1 Å². The van der Waals surface area contributed by atoms with Crippen molar-refractivity contribution >= 4 is 55.6 Å². The lowest BCUT2D eigenvalue weighted by atomic mass is 10.2. The van der Waals surface area contributed by atoms with Gasteiger partial charge in [-0.15, -0.1) is 0 Å². The molecule has 0 aliphatic heterocycles. The van der Waals surface area contributed by atoms with Crippen LogP contribution >= 0.6 is 38.5 Å². The Morgan fingerprint density at radius 1 is 1.30 bits per heavy atom. The van der Waals surface area contributed by atoms with E-state index in [1.165, 1.54) is 6.07 Å². The topological polar surface area (TPSA) is 79.0 Å². The number of nitrogens with zero attached hydrogens (tertiary/aromatic N) is 2. The van der Waals surface area contributed by atoms with Gasteiger partial charge in [-0.25, -0.2) is 0 Å². The first-order valence-electron chi connectivity index (χ1n) is 5.42. The lowest BCUT2D eigenvalue weighted by molar-refractivity contribution is -0.385. The van der Waals surface area contributed by atoms with Gasteiger partial charge in [0.15, 0.2) is 0 Å². The zero-order chi connectivity index (χ0) is 14.7. The Balaban J connectivity index is 2.29. The van der Waals surface area contributed by atoms with Crippen molar-refractivity contribution < 1.29 is 4.92 Å². The Kier molecular flexibility index (Phi) is 4.57. The lowest BCUT2D eigenvalue weighted by Crippen LogP contribution is -1.95. The summed E-state index contributed by atoms with van der Waals surface area (Å²) in [4.78, 5) is 10.3. The summed E-state index contributed by atoms with van der Waals surface area (Å²) in [6, 6.07) is 12.0. The SMILES string of the molecule is N#Cc1ccc(Nc2ccc([N+](=O)[O-])c(I)c2)c(Br)c1. The average Bonchev–Trinajstić information content (AvgIpc) is 2.40. The van der Waals surface area contributed by atoms with Gasteiger partial charge in [0, 0.05) is 16.2 Å². The Bertz CT molecular complexity index is 728. The van der Waals surface area contributed by atoms with Crippen molar-refractivity contribution in [1.29, 1.82) is 5.26 Å². The Morgan fingerprint density at radius 2 is 2.05 bits per heavy atom. The molecule has 2 aromatic rings. The first-order chi connectivity index (χ1) is 9.51. The van der Waals surface area contributed by atoms with Crippen LogP contribution in [-0.4, -0.2) is 4.92 Å². The highest BCUT2D eigenvalue weighted by Gasteiger charge is 2.12. The second kappa shape index (κ2) is 6.19. The summed E-state index contributed by atoms with van der Waals surface area (Å²) < 4.78 is 1.31. The third-order valence-electron chi connectivity index (χ3n) is 2.52. The summed E-state index contributed by atoms with van der Waals surface area (Å²) in [5, 5.41) is 22.7. The summed E-state index contributed by atoms with van der Waals surface area (Å²) in [5.74, 6) is 0. The second-order valence-electron chi connectivity index (χ2n) is 3.85. The van der Waals surface area contributed by atoms with Gasteiger partial charge < -0.3 is 5.32 Å². The monoisotopic (exact) mass is 443 g/mol. The molecule has 20 heavy (non-hydrogen) atoms. The minimum absolute atomic E-state index is 0.0787. The molecule has 2 rings (SSSR count). The summed E-state index contributed by atoms with van der Waals surface area (Å²) in [6.45, 7) is 0. The maximum atomic E-state index is 10.8. The Labute approximate surface area is 137 Å². The van der Waals surface area contributed by atoms with E-state index in [1.807, 2.05) is 22.6 Å². The van der Waals surface area contributed by atoms with Gasteiger partial charge in [0.25, 0.3) is 5.69 Å². The van der Waals surface area contributed by atoms with E-state index < -0.39 is 4.92 Å². The van der Waals surface area contributed by atoms with E-state index >= 15 is 0 Å². The van der Waals surface area contributed by atoms with Crippen LogP contribution in [0, 0.1) is 25.0 Å². The molecule has 0 amide bonds. The van der Waals surface area contributed by atoms with Crippen molar-refractivity contribution in [2.75, 3.05) is 5.32 Å². The first-order valence-corrected chi connectivity index (χ1v) is 7.29. The van der Waals surface area contributed by atoms with Crippen LogP contribution in [0.2, 0.25) is 0 Å².